The van der Waals surface area contributed by atoms with E-state index in [9.17, 15) is 4.79 Å². The van der Waals surface area contributed by atoms with E-state index in [0.29, 0.717) is 11.6 Å². The normalized spacial score (nSPS) is 15.1. The minimum atomic E-state index is 0.0953. The molecule has 0 aromatic carbocycles. The molecule has 1 aliphatic heterocycles. The van der Waals surface area contributed by atoms with Crippen molar-refractivity contribution in [3.63, 3.8) is 0 Å². The van der Waals surface area contributed by atoms with Crippen LogP contribution in [0.2, 0.25) is 0 Å². The van der Waals surface area contributed by atoms with Gasteiger partial charge in [-0.25, -0.2) is 9.97 Å². The summed E-state index contributed by atoms with van der Waals surface area (Å²) in [5, 5.41) is 2.88. The summed E-state index contributed by atoms with van der Waals surface area (Å²) in [6.45, 7) is 1.97. The van der Waals surface area contributed by atoms with Gasteiger partial charge < -0.3 is 16.0 Å². The first-order valence-electron chi connectivity index (χ1n) is 5.35. The van der Waals surface area contributed by atoms with Crippen LogP contribution in [0.3, 0.4) is 0 Å². The zero-order chi connectivity index (χ0) is 11.4. The van der Waals surface area contributed by atoms with Crippen molar-refractivity contribution in [1.82, 2.24) is 14.9 Å². The number of nitrogens with zero attached hydrogens (tertiary/aromatic N) is 3. The van der Waals surface area contributed by atoms with Crippen molar-refractivity contribution in [2.24, 2.45) is 0 Å². The molecule has 0 radical (unpaired) electrons. The lowest BCUT2D eigenvalue weighted by Gasteiger charge is -2.15. The number of carbonyl (C=O) groups is 1. The van der Waals surface area contributed by atoms with Crippen molar-refractivity contribution in [3.05, 3.63) is 12.4 Å². The Morgan fingerprint density at radius 2 is 2.00 bits per heavy atom. The van der Waals surface area contributed by atoms with E-state index in [2.05, 4.69) is 15.3 Å². The fraction of sp³-hybridized carbons (Fsp3) is 0.500. The van der Waals surface area contributed by atoms with E-state index in [-0.39, 0.29) is 12.5 Å². The Bertz CT molecular complexity index is 358. The van der Waals surface area contributed by atoms with Crippen LogP contribution in [-0.2, 0) is 4.79 Å². The molecule has 1 aromatic rings. The summed E-state index contributed by atoms with van der Waals surface area (Å²) in [7, 11) is 0. The minimum absolute atomic E-state index is 0.0953. The lowest BCUT2D eigenvalue weighted by molar-refractivity contribution is -0.128. The SMILES string of the molecule is Nc1cnc(NCC(=O)N2CCCC2)nc1. The van der Waals surface area contributed by atoms with Crippen molar-refractivity contribution in [1.29, 1.82) is 0 Å². The summed E-state index contributed by atoms with van der Waals surface area (Å²) in [4.78, 5) is 21.4. The number of nitrogens with one attached hydrogen (secondary N) is 1. The van der Waals surface area contributed by atoms with Gasteiger partial charge in [-0.3, -0.25) is 4.79 Å². The average Bonchev–Trinajstić information content (AvgIpc) is 2.81. The molecule has 3 N–H and O–H groups in total. The number of aromatic nitrogens is 2. The maximum atomic E-state index is 11.7. The van der Waals surface area contributed by atoms with Crippen molar-refractivity contribution < 1.29 is 4.79 Å². The van der Waals surface area contributed by atoms with Crippen LogP contribution in [-0.4, -0.2) is 40.4 Å². The van der Waals surface area contributed by atoms with E-state index in [1.54, 1.807) is 0 Å². The third kappa shape index (κ3) is 2.59. The largest absolute Gasteiger partial charge is 0.396 e. The van der Waals surface area contributed by atoms with Gasteiger partial charge in [0.05, 0.1) is 24.6 Å². The Kier molecular flexibility index (Phi) is 3.19. The summed E-state index contributed by atoms with van der Waals surface area (Å²) in [5.41, 5.74) is 5.96. The van der Waals surface area contributed by atoms with E-state index < -0.39 is 0 Å². The summed E-state index contributed by atoms with van der Waals surface area (Å²) in [6, 6.07) is 0. The smallest absolute Gasteiger partial charge is 0.241 e. The third-order valence-electron chi connectivity index (χ3n) is 2.53. The molecule has 1 aromatic heterocycles. The van der Waals surface area contributed by atoms with Crippen molar-refractivity contribution in [2.45, 2.75) is 12.8 Å². The first kappa shape index (κ1) is 10.7. The first-order chi connectivity index (χ1) is 7.75. The van der Waals surface area contributed by atoms with Gasteiger partial charge in [0.25, 0.3) is 0 Å². The van der Waals surface area contributed by atoms with Crippen molar-refractivity contribution >= 4 is 17.5 Å². The van der Waals surface area contributed by atoms with Crippen LogP contribution in [0, 0.1) is 0 Å². The highest BCUT2D eigenvalue weighted by atomic mass is 16.2. The van der Waals surface area contributed by atoms with Crippen LogP contribution in [0.5, 0.6) is 0 Å². The molecular weight excluding hydrogens is 206 g/mol. The summed E-state index contributed by atoms with van der Waals surface area (Å²) >= 11 is 0. The van der Waals surface area contributed by atoms with Crippen LogP contribution in [0.15, 0.2) is 12.4 Å². The number of hydrogen-bond acceptors (Lipinski definition) is 5. The molecule has 2 heterocycles. The van der Waals surface area contributed by atoms with Gasteiger partial charge in [0.1, 0.15) is 0 Å². The number of nitrogen functional groups attached to an aromatic ring is 1. The molecular formula is C10H15N5O. The number of anilines is 2. The Morgan fingerprint density at radius 1 is 1.38 bits per heavy atom. The predicted molar refractivity (Wildman–Crippen MR) is 60.7 cm³/mol. The van der Waals surface area contributed by atoms with Gasteiger partial charge >= 0.3 is 0 Å². The van der Waals surface area contributed by atoms with Gasteiger partial charge in [-0.1, -0.05) is 0 Å². The van der Waals surface area contributed by atoms with Crippen LogP contribution in [0.1, 0.15) is 12.8 Å². The molecule has 1 amide bonds. The van der Waals surface area contributed by atoms with E-state index in [1.165, 1.54) is 12.4 Å². The summed E-state index contributed by atoms with van der Waals surface area (Å²) < 4.78 is 0. The Hall–Kier alpha value is -1.85. The number of amides is 1. The maximum Gasteiger partial charge on any atom is 0.241 e. The monoisotopic (exact) mass is 221 g/mol. The molecule has 1 saturated heterocycles. The molecule has 86 valence electrons. The van der Waals surface area contributed by atoms with E-state index in [1.807, 2.05) is 4.90 Å². The molecule has 1 aliphatic rings. The average molecular weight is 221 g/mol. The van der Waals surface area contributed by atoms with E-state index >= 15 is 0 Å². The second-order valence-electron chi connectivity index (χ2n) is 3.78. The molecule has 6 heteroatoms. The number of rotatable bonds is 3. The molecule has 0 unspecified atom stereocenters. The number of likely N-dealkylation sites (tertiary alicyclic amines) is 1. The van der Waals surface area contributed by atoms with Gasteiger partial charge in [0.2, 0.25) is 11.9 Å². The molecule has 1 fully saturated rings. The van der Waals surface area contributed by atoms with Crippen LogP contribution in [0.25, 0.3) is 0 Å². The highest BCUT2D eigenvalue weighted by Gasteiger charge is 2.17. The molecule has 0 saturated carbocycles. The molecule has 0 atom stereocenters. The molecule has 0 aliphatic carbocycles. The zero-order valence-corrected chi connectivity index (χ0v) is 9.02. The lowest BCUT2D eigenvalue weighted by atomic mass is 10.4. The second-order valence-corrected chi connectivity index (χ2v) is 3.78. The standard InChI is InChI=1S/C10H15N5O/c11-8-5-12-10(13-6-8)14-7-9(16)15-3-1-2-4-15/h5-6H,1-4,7,11H2,(H,12,13,14). The fourth-order valence-electron chi connectivity index (χ4n) is 1.66. The van der Waals surface area contributed by atoms with E-state index in [4.69, 9.17) is 5.73 Å². The van der Waals surface area contributed by atoms with Crippen LogP contribution < -0.4 is 11.1 Å². The fourth-order valence-corrected chi connectivity index (χ4v) is 1.66. The summed E-state index contributed by atoms with van der Waals surface area (Å²) in [6.07, 6.45) is 5.22. The lowest BCUT2D eigenvalue weighted by Crippen LogP contribution is -2.33. The van der Waals surface area contributed by atoms with Crippen LogP contribution in [0.4, 0.5) is 11.6 Å². The van der Waals surface area contributed by atoms with Crippen molar-refractivity contribution in [3.8, 4) is 0 Å². The van der Waals surface area contributed by atoms with Gasteiger partial charge in [-0.05, 0) is 12.8 Å². The second kappa shape index (κ2) is 4.78. The predicted octanol–water partition coefficient (Wildman–Crippen LogP) is 0.0931. The number of nitrogens with two attached hydrogens (primary N) is 1. The maximum absolute atomic E-state index is 11.7. The highest BCUT2D eigenvalue weighted by molar-refractivity contribution is 5.80. The number of carbonyl (C=O) groups excluding carboxylic acids is 1. The van der Waals surface area contributed by atoms with Gasteiger partial charge in [-0.2, -0.15) is 0 Å². The highest BCUT2D eigenvalue weighted by Crippen LogP contribution is 2.07. The third-order valence-corrected chi connectivity index (χ3v) is 2.53. The first-order valence-corrected chi connectivity index (χ1v) is 5.35. The van der Waals surface area contributed by atoms with Gasteiger partial charge in [0.15, 0.2) is 0 Å². The van der Waals surface area contributed by atoms with Gasteiger partial charge in [-0.15, -0.1) is 0 Å². The van der Waals surface area contributed by atoms with Gasteiger partial charge in [0, 0.05) is 13.1 Å². The molecule has 6 nitrogen and oxygen atoms in total. The Morgan fingerprint density at radius 3 is 2.62 bits per heavy atom. The summed E-state index contributed by atoms with van der Waals surface area (Å²) in [5.74, 6) is 0.527. The topological polar surface area (TPSA) is 84.1 Å². The quantitative estimate of drug-likeness (QED) is 0.756. The van der Waals surface area contributed by atoms with E-state index in [0.717, 1.165) is 25.9 Å². The minimum Gasteiger partial charge on any atom is -0.396 e. The molecule has 0 bridgehead atoms. The number of hydrogen-bond donors (Lipinski definition) is 2. The molecule has 2 rings (SSSR count). The zero-order valence-electron chi connectivity index (χ0n) is 9.02. The van der Waals surface area contributed by atoms with Crippen molar-refractivity contribution in [2.75, 3.05) is 30.7 Å². The Labute approximate surface area is 93.9 Å². The molecule has 0 spiro atoms. The molecule has 16 heavy (non-hydrogen) atoms. The Balaban J connectivity index is 1.82. The van der Waals surface area contributed by atoms with Crippen LogP contribution >= 0.6 is 0 Å².